The summed E-state index contributed by atoms with van der Waals surface area (Å²) in [5.74, 6) is 0.00912. The highest BCUT2D eigenvalue weighted by atomic mass is 16.6. The van der Waals surface area contributed by atoms with Crippen LogP contribution in [0.4, 0.5) is 0 Å². The zero-order valence-corrected chi connectivity index (χ0v) is 15.7. The maximum Gasteiger partial charge on any atom is 0.347 e. The molecule has 1 aromatic heterocycles. The Morgan fingerprint density at radius 3 is 2.59 bits per heavy atom. The third-order valence-corrected chi connectivity index (χ3v) is 4.41. The molecule has 0 bridgehead atoms. The van der Waals surface area contributed by atoms with Crippen molar-refractivity contribution in [3.8, 4) is 5.75 Å². The van der Waals surface area contributed by atoms with Gasteiger partial charge in [-0.25, -0.2) is 9.59 Å². The Morgan fingerprint density at radius 1 is 1.15 bits per heavy atom. The van der Waals surface area contributed by atoms with Crippen LogP contribution in [0.3, 0.4) is 0 Å². The van der Waals surface area contributed by atoms with Crippen LogP contribution in [0.15, 0.2) is 57.7 Å². The Labute approximate surface area is 157 Å². The Kier molecular flexibility index (Phi) is 5.60. The quantitative estimate of drug-likeness (QED) is 0.487. The number of fused-ring (bicyclic) bond motifs is 1. The van der Waals surface area contributed by atoms with Crippen molar-refractivity contribution in [3.63, 3.8) is 0 Å². The Morgan fingerprint density at radius 2 is 1.89 bits per heavy atom. The number of hydrogen-bond donors (Lipinski definition) is 0. The first kappa shape index (κ1) is 18.7. The zero-order chi connectivity index (χ0) is 19.4. The highest BCUT2D eigenvalue weighted by molar-refractivity contribution is 5.82. The molecule has 0 saturated heterocycles. The van der Waals surface area contributed by atoms with Crippen molar-refractivity contribution >= 4 is 16.9 Å². The van der Waals surface area contributed by atoms with Crippen LogP contribution in [0.1, 0.15) is 30.5 Å². The Hall–Kier alpha value is -3.08. The van der Waals surface area contributed by atoms with E-state index in [4.69, 9.17) is 13.9 Å². The second-order valence-electron chi connectivity index (χ2n) is 6.33. The lowest BCUT2D eigenvalue weighted by molar-refractivity contribution is -0.150. The molecule has 0 aliphatic carbocycles. The monoisotopic (exact) mass is 366 g/mol. The summed E-state index contributed by atoms with van der Waals surface area (Å²) in [5.41, 5.74) is 2.65. The lowest BCUT2D eigenvalue weighted by atomic mass is 10.00. The third kappa shape index (κ3) is 4.19. The SMILES string of the molecule is CCOC(=O)[C@@H](C)Oc1ccc2c(C)c(Cc3ccccc3)c(=O)oc2c1. The minimum absolute atomic E-state index is 0.294. The minimum atomic E-state index is -0.743. The highest BCUT2D eigenvalue weighted by Crippen LogP contribution is 2.26. The largest absolute Gasteiger partial charge is 0.479 e. The van der Waals surface area contributed by atoms with Gasteiger partial charge >= 0.3 is 11.6 Å². The van der Waals surface area contributed by atoms with E-state index in [-0.39, 0.29) is 5.63 Å². The van der Waals surface area contributed by atoms with E-state index in [1.54, 1.807) is 26.0 Å². The molecule has 0 radical (unpaired) electrons. The van der Waals surface area contributed by atoms with Crippen molar-refractivity contribution in [2.24, 2.45) is 0 Å². The first-order valence-electron chi connectivity index (χ1n) is 8.93. The predicted molar refractivity (Wildman–Crippen MR) is 103 cm³/mol. The van der Waals surface area contributed by atoms with Crippen LogP contribution >= 0.6 is 0 Å². The summed E-state index contributed by atoms with van der Waals surface area (Å²) in [5, 5.41) is 0.844. The predicted octanol–water partition coefficient (Wildman–Crippen LogP) is 4.02. The van der Waals surface area contributed by atoms with Gasteiger partial charge in [0.05, 0.1) is 6.61 Å². The molecule has 0 aliphatic heterocycles. The van der Waals surface area contributed by atoms with E-state index >= 15 is 0 Å². The van der Waals surface area contributed by atoms with Crippen molar-refractivity contribution in [3.05, 3.63) is 75.6 Å². The molecule has 0 spiro atoms. The van der Waals surface area contributed by atoms with Crippen LogP contribution in [0.2, 0.25) is 0 Å². The van der Waals surface area contributed by atoms with E-state index in [0.29, 0.717) is 29.9 Å². The second kappa shape index (κ2) is 8.08. The molecule has 1 heterocycles. The van der Waals surface area contributed by atoms with E-state index in [1.807, 2.05) is 43.3 Å². The summed E-state index contributed by atoms with van der Waals surface area (Å²) in [7, 11) is 0. The summed E-state index contributed by atoms with van der Waals surface area (Å²) >= 11 is 0. The second-order valence-corrected chi connectivity index (χ2v) is 6.33. The summed E-state index contributed by atoms with van der Waals surface area (Å²) < 4.78 is 16.1. The number of carbonyl (C=O) groups is 1. The van der Waals surface area contributed by atoms with E-state index in [0.717, 1.165) is 16.5 Å². The number of carbonyl (C=O) groups excluding carboxylic acids is 1. The molecule has 27 heavy (non-hydrogen) atoms. The minimum Gasteiger partial charge on any atom is -0.479 e. The fourth-order valence-corrected chi connectivity index (χ4v) is 2.96. The van der Waals surface area contributed by atoms with E-state index in [9.17, 15) is 9.59 Å². The molecule has 0 aliphatic rings. The third-order valence-electron chi connectivity index (χ3n) is 4.41. The Bertz CT molecular complexity index is 1000. The molecule has 0 amide bonds. The van der Waals surface area contributed by atoms with Crippen molar-refractivity contribution < 1.29 is 18.7 Å². The lowest BCUT2D eigenvalue weighted by Crippen LogP contribution is -2.26. The van der Waals surface area contributed by atoms with E-state index in [1.165, 1.54) is 0 Å². The van der Waals surface area contributed by atoms with Crippen molar-refractivity contribution in [1.82, 2.24) is 0 Å². The van der Waals surface area contributed by atoms with Crippen LogP contribution in [0.25, 0.3) is 11.0 Å². The van der Waals surface area contributed by atoms with E-state index < -0.39 is 12.1 Å². The molecule has 5 nitrogen and oxygen atoms in total. The van der Waals surface area contributed by atoms with Gasteiger partial charge in [-0.15, -0.1) is 0 Å². The molecule has 3 aromatic rings. The molecule has 140 valence electrons. The highest BCUT2D eigenvalue weighted by Gasteiger charge is 2.17. The van der Waals surface area contributed by atoms with Gasteiger partial charge in [-0.2, -0.15) is 0 Å². The first-order valence-corrected chi connectivity index (χ1v) is 8.93. The summed E-state index contributed by atoms with van der Waals surface area (Å²) in [4.78, 5) is 24.2. The molecule has 0 saturated carbocycles. The number of benzene rings is 2. The van der Waals surface area contributed by atoms with Crippen LogP contribution in [-0.4, -0.2) is 18.7 Å². The number of hydrogen-bond acceptors (Lipinski definition) is 5. The number of rotatable bonds is 6. The fraction of sp³-hybridized carbons (Fsp3) is 0.273. The normalized spacial score (nSPS) is 12.0. The molecular formula is C22H22O5. The molecule has 5 heteroatoms. The lowest BCUT2D eigenvalue weighted by Gasteiger charge is -2.14. The Balaban J connectivity index is 1.91. The maximum absolute atomic E-state index is 12.5. The van der Waals surface area contributed by atoms with Crippen LogP contribution in [-0.2, 0) is 16.0 Å². The van der Waals surface area contributed by atoms with Gasteiger partial charge in [0.25, 0.3) is 0 Å². The van der Waals surface area contributed by atoms with Crippen LogP contribution in [0, 0.1) is 6.92 Å². The van der Waals surface area contributed by atoms with Crippen LogP contribution in [0.5, 0.6) is 5.75 Å². The first-order chi connectivity index (χ1) is 13.0. The standard InChI is InChI=1S/C22H22O5/c1-4-25-21(23)15(3)26-17-10-11-18-14(2)19(22(24)27-20(18)13-17)12-16-8-6-5-7-9-16/h5-11,13,15H,4,12H2,1-3H3/t15-/m1/s1. The van der Waals surface area contributed by atoms with Crippen molar-refractivity contribution in [1.29, 1.82) is 0 Å². The van der Waals surface area contributed by atoms with Crippen molar-refractivity contribution in [2.75, 3.05) is 6.61 Å². The smallest absolute Gasteiger partial charge is 0.347 e. The maximum atomic E-state index is 12.5. The molecule has 0 unspecified atom stereocenters. The van der Waals surface area contributed by atoms with Crippen molar-refractivity contribution in [2.45, 2.75) is 33.3 Å². The van der Waals surface area contributed by atoms with Crippen LogP contribution < -0.4 is 10.4 Å². The average Bonchev–Trinajstić information content (AvgIpc) is 2.66. The van der Waals surface area contributed by atoms with Gasteiger partial charge in [0.2, 0.25) is 0 Å². The number of ether oxygens (including phenoxy) is 2. The molecule has 2 aromatic carbocycles. The number of esters is 1. The molecule has 3 rings (SSSR count). The van der Waals surface area contributed by atoms with Gasteiger partial charge in [-0.1, -0.05) is 30.3 Å². The topological polar surface area (TPSA) is 65.7 Å². The van der Waals surface area contributed by atoms with Gasteiger partial charge in [0.1, 0.15) is 11.3 Å². The molecule has 1 atom stereocenters. The van der Waals surface area contributed by atoms with Gasteiger partial charge in [-0.05, 0) is 44.0 Å². The fourth-order valence-electron chi connectivity index (χ4n) is 2.96. The van der Waals surface area contributed by atoms with E-state index in [2.05, 4.69) is 0 Å². The van der Waals surface area contributed by atoms with Gasteiger partial charge in [-0.3, -0.25) is 0 Å². The molecule has 0 N–H and O–H groups in total. The summed E-state index contributed by atoms with van der Waals surface area (Å²) in [6.45, 7) is 5.57. The summed E-state index contributed by atoms with van der Waals surface area (Å²) in [6.07, 6.45) is -0.226. The van der Waals surface area contributed by atoms with Gasteiger partial charge in [0.15, 0.2) is 6.10 Å². The van der Waals surface area contributed by atoms with Gasteiger partial charge in [0, 0.05) is 23.4 Å². The van der Waals surface area contributed by atoms with Gasteiger partial charge < -0.3 is 13.9 Å². The average molecular weight is 366 g/mol. The summed E-state index contributed by atoms with van der Waals surface area (Å²) in [6, 6.07) is 15.0. The molecule has 0 fully saturated rings. The molecular weight excluding hydrogens is 344 g/mol. The number of aryl methyl sites for hydroxylation is 1. The zero-order valence-electron chi connectivity index (χ0n) is 15.7.